The Bertz CT molecular complexity index is 623. The van der Waals surface area contributed by atoms with Crippen LogP contribution in [0.4, 0.5) is 0 Å². The fourth-order valence-electron chi connectivity index (χ4n) is 2.53. The van der Waals surface area contributed by atoms with Gasteiger partial charge in [0.15, 0.2) is 0 Å². The lowest BCUT2D eigenvalue weighted by atomic mass is 10.2. The molecule has 0 aliphatic rings. The molecule has 0 saturated heterocycles. The van der Waals surface area contributed by atoms with E-state index in [1.807, 2.05) is 38.1 Å². The molecule has 0 saturated carbocycles. The molecule has 2 aromatic rings. The summed E-state index contributed by atoms with van der Waals surface area (Å²) in [7, 11) is 0. The van der Waals surface area contributed by atoms with Gasteiger partial charge in [-0.3, -0.25) is 0 Å². The van der Waals surface area contributed by atoms with Gasteiger partial charge in [0, 0.05) is 0 Å². The highest BCUT2D eigenvalue weighted by Crippen LogP contribution is 2.14. The average molecular weight is 367 g/mol. The van der Waals surface area contributed by atoms with E-state index in [1.165, 1.54) is 11.1 Å². The van der Waals surface area contributed by atoms with Crippen LogP contribution >= 0.6 is 0 Å². The van der Waals surface area contributed by atoms with Crippen molar-refractivity contribution in [3.63, 3.8) is 0 Å². The fraction of sp³-hybridized carbons (Fsp3) is 0.333. The van der Waals surface area contributed by atoms with Crippen LogP contribution in [0.3, 0.4) is 0 Å². The van der Waals surface area contributed by atoms with Crippen molar-refractivity contribution in [1.82, 2.24) is 0 Å². The second kappa shape index (κ2) is 12.8. The lowest BCUT2D eigenvalue weighted by molar-refractivity contribution is 0.143. The van der Waals surface area contributed by atoms with Gasteiger partial charge in [-0.2, -0.15) is 0 Å². The number of hydrogen-bond acceptors (Lipinski definition) is 3. The summed E-state index contributed by atoms with van der Waals surface area (Å²) in [6.07, 6.45) is 10.3. The molecular weight excluding hydrogens is 336 g/mol. The topological polar surface area (TPSA) is 27.7 Å². The van der Waals surface area contributed by atoms with Gasteiger partial charge in [0.25, 0.3) is 0 Å². The number of ether oxygens (including phenoxy) is 3. The Morgan fingerprint density at radius 3 is 1.41 bits per heavy atom. The third kappa shape index (κ3) is 8.61. The molecule has 0 N–H and O–H groups in total. The Morgan fingerprint density at radius 2 is 1.04 bits per heavy atom. The SMILES string of the molecule is CCOc1ccc(/C=C/CCOCC/C=C/c2ccc(OCC)cc2)cc1. The molecule has 0 fully saturated rings. The lowest BCUT2D eigenvalue weighted by Gasteiger charge is -2.03. The monoisotopic (exact) mass is 366 g/mol. The second-order valence-electron chi connectivity index (χ2n) is 6.00. The number of hydrogen-bond donors (Lipinski definition) is 0. The summed E-state index contributed by atoms with van der Waals surface area (Å²) < 4.78 is 16.5. The molecule has 27 heavy (non-hydrogen) atoms. The summed E-state index contributed by atoms with van der Waals surface area (Å²) in [4.78, 5) is 0. The van der Waals surface area contributed by atoms with E-state index in [2.05, 4.69) is 48.6 Å². The van der Waals surface area contributed by atoms with E-state index in [0.29, 0.717) is 13.2 Å². The van der Waals surface area contributed by atoms with Crippen LogP contribution in [0.1, 0.15) is 37.8 Å². The minimum atomic E-state index is 0.696. The molecule has 0 spiro atoms. The van der Waals surface area contributed by atoms with Crippen LogP contribution in [0.2, 0.25) is 0 Å². The first-order valence-corrected chi connectivity index (χ1v) is 9.68. The minimum absolute atomic E-state index is 0.696. The summed E-state index contributed by atoms with van der Waals surface area (Å²) in [6, 6.07) is 16.2. The molecule has 0 amide bonds. The summed E-state index contributed by atoms with van der Waals surface area (Å²) in [5, 5.41) is 0. The van der Waals surface area contributed by atoms with E-state index < -0.39 is 0 Å². The third-order valence-corrected chi connectivity index (χ3v) is 3.86. The Hall–Kier alpha value is -2.52. The number of rotatable bonds is 12. The zero-order chi connectivity index (χ0) is 19.2. The summed E-state index contributed by atoms with van der Waals surface area (Å²) in [5.41, 5.74) is 2.36. The summed E-state index contributed by atoms with van der Waals surface area (Å²) in [5.74, 6) is 1.83. The molecule has 0 atom stereocenters. The Balaban J connectivity index is 1.56. The number of benzene rings is 2. The third-order valence-electron chi connectivity index (χ3n) is 3.86. The predicted molar refractivity (Wildman–Crippen MR) is 113 cm³/mol. The van der Waals surface area contributed by atoms with E-state index >= 15 is 0 Å². The van der Waals surface area contributed by atoms with Gasteiger partial charge < -0.3 is 14.2 Å². The first kappa shape index (κ1) is 20.8. The molecule has 0 aromatic heterocycles. The van der Waals surface area contributed by atoms with E-state index in [9.17, 15) is 0 Å². The summed E-state index contributed by atoms with van der Waals surface area (Å²) in [6.45, 7) is 6.85. The zero-order valence-corrected chi connectivity index (χ0v) is 16.4. The van der Waals surface area contributed by atoms with Crippen molar-refractivity contribution in [3.8, 4) is 11.5 Å². The van der Waals surface area contributed by atoms with Crippen molar-refractivity contribution in [2.75, 3.05) is 26.4 Å². The highest BCUT2D eigenvalue weighted by Gasteiger charge is 1.93. The van der Waals surface area contributed by atoms with Gasteiger partial charge in [0.2, 0.25) is 0 Å². The maximum Gasteiger partial charge on any atom is 0.119 e. The molecule has 2 aromatic carbocycles. The van der Waals surface area contributed by atoms with Crippen LogP contribution in [0, 0.1) is 0 Å². The molecule has 3 nitrogen and oxygen atoms in total. The Labute approximate surface area is 163 Å². The maximum atomic E-state index is 5.67. The van der Waals surface area contributed by atoms with Gasteiger partial charge >= 0.3 is 0 Å². The van der Waals surface area contributed by atoms with Crippen LogP contribution in [0.25, 0.3) is 12.2 Å². The molecule has 3 heteroatoms. The van der Waals surface area contributed by atoms with Gasteiger partial charge in [-0.25, -0.2) is 0 Å². The molecule has 2 rings (SSSR count). The second-order valence-corrected chi connectivity index (χ2v) is 6.00. The van der Waals surface area contributed by atoms with Gasteiger partial charge in [-0.05, 0) is 62.1 Å². The Morgan fingerprint density at radius 1 is 0.630 bits per heavy atom. The molecule has 0 unspecified atom stereocenters. The largest absolute Gasteiger partial charge is 0.494 e. The van der Waals surface area contributed by atoms with Gasteiger partial charge in [0.05, 0.1) is 26.4 Å². The normalized spacial score (nSPS) is 11.3. The summed E-state index contributed by atoms with van der Waals surface area (Å²) >= 11 is 0. The van der Waals surface area contributed by atoms with Gasteiger partial charge in [-0.1, -0.05) is 48.6 Å². The quantitative estimate of drug-likeness (QED) is 0.431. The molecule has 0 aliphatic heterocycles. The smallest absolute Gasteiger partial charge is 0.119 e. The van der Waals surface area contributed by atoms with Gasteiger partial charge in [-0.15, -0.1) is 0 Å². The first-order chi connectivity index (χ1) is 13.3. The predicted octanol–water partition coefficient (Wildman–Crippen LogP) is 6.01. The van der Waals surface area contributed by atoms with Crippen LogP contribution in [-0.2, 0) is 4.74 Å². The molecule has 0 heterocycles. The van der Waals surface area contributed by atoms with Crippen LogP contribution in [0.15, 0.2) is 60.7 Å². The van der Waals surface area contributed by atoms with Crippen molar-refractivity contribution in [3.05, 3.63) is 71.8 Å². The van der Waals surface area contributed by atoms with E-state index in [4.69, 9.17) is 14.2 Å². The van der Waals surface area contributed by atoms with E-state index in [1.54, 1.807) is 0 Å². The van der Waals surface area contributed by atoms with Crippen molar-refractivity contribution < 1.29 is 14.2 Å². The van der Waals surface area contributed by atoms with Crippen LogP contribution in [-0.4, -0.2) is 26.4 Å². The molecule has 0 bridgehead atoms. The molecular formula is C24H30O3. The molecule has 0 aliphatic carbocycles. The highest BCUT2D eigenvalue weighted by molar-refractivity contribution is 5.51. The average Bonchev–Trinajstić information content (AvgIpc) is 2.69. The molecule has 0 radical (unpaired) electrons. The van der Waals surface area contributed by atoms with Crippen molar-refractivity contribution in [1.29, 1.82) is 0 Å². The Kier molecular flexibility index (Phi) is 9.83. The van der Waals surface area contributed by atoms with Crippen LogP contribution < -0.4 is 9.47 Å². The van der Waals surface area contributed by atoms with Crippen LogP contribution in [0.5, 0.6) is 11.5 Å². The van der Waals surface area contributed by atoms with E-state index in [0.717, 1.165) is 37.6 Å². The minimum Gasteiger partial charge on any atom is -0.494 e. The fourth-order valence-corrected chi connectivity index (χ4v) is 2.53. The van der Waals surface area contributed by atoms with Crippen molar-refractivity contribution in [2.24, 2.45) is 0 Å². The lowest BCUT2D eigenvalue weighted by Crippen LogP contribution is -1.94. The highest BCUT2D eigenvalue weighted by atomic mass is 16.5. The maximum absolute atomic E-state index is 5.67. The first-order valence-electron chi connectivity index (χ1n) is 9.68. The molecule has 144 valence electrons. The van der Waals surface area contributed by atoms with Gasteiger partial charge in [0.1, 0.15) is 11.5 Å². The standard InChI is InChI=1S/C24H30O3/c1-3-26-23-15-11-21(12-16-23)9-5-7-19-25-20-8-6-10-22-13-17-24(18-14-22)27-4-2/h5-6,9-18H,3-4,7-8,19-20H2,1-2H3/b9-5+,10-6+. The van der Waals surface area contributed by atoms with Crippen molar-refractivity contribution in [2.45, 2.75) is 26.7 Å². The zero-order valence-electron chi connectivity index (χ0n) is 16.4. The van der Waals surface area contributed by atoms with Crippen molar-refractivity contribution >= 4 is 12.2 Å². The van der Waals surface area contributed by atoms with E-state index in [-0.39, 0.29) is 0 Å².